The highest BCUT2D eigenvalue weighted by Crippen LogP contribution is 2.40. The van der Waals surface area contributed by atoms with Crippen LogP contribution in [0, 0.1) is 11.6 Å². The van der Waals surface area contributed by atoms with E-state index in [-0.39, 0.29) is 11.6 Å². The number of hydrogen-bond donors (Lipinski definition) is 2. The Balaban J connectivity index is 1.96. The molecule has 0 bridgehead atoms. The van der Waals surface area contributed by atoms with E-state index in [0.717, 1.165) is 6.07 Å². The average Bonchev–Trinajstić information content (AvgIpc) is 2.38. The van der Waals surface area contributed by atoms with Gasteiger partial charge in [-0.15, -0.1) is 0 Å². The molecule has 0 saturated carbocycles. The smallest absolute Gasteiger partial charge is 0.127 e. The zero-order valence-corrected chi connectivity index (χ0v) is 10.5. The van der Waals surface area contributed by atoms with Gasteiger partial charge in [-0.05, 0) is 35.9 Å². The number of ether oxygens (including phenoxy) is 1. The Bertz CT molecular complexity index is 640. The van der Waals surface area contributed by atoms with E-state index in [1.54, 1.807) is 0 Å². The molecule has 2 atom stereocenters. The highest BCUT2D eigenvalue weighted by molar-refractivity contribution is 5.40. The lowest BCUT2D eigenvalue weighted by molar-refractivity contribution is 0.160. The molecule has 0 amide bonds. The molecule has 2 aromatic carbocycles. The zero-order chi connectivity index (χ0) is 14.3. The number of halogens is 2. The molecule has 0 fully saturated rings. The van der Waals surface area contributed by atoms with Crippen molar-refractivity contribution < 1.29 is 18.6 Å². The van der Waals surface area contributed by atoms with Crippen molar-refractivity contribution >= 4 is 0 Å². The summed E-state index contributed by atoms with van der Waals surface area (Å²) in [5, 5.41) is 9.45. The third kappa shape index (κ3) is 2.32. The third-order valence-electron chi connectivity index (χ3n) is 3.39. The summed E-state index contributed by atoms with van der Waals surface area (Å²) >= 11 is 0. The SMILES string of the molecule is N[C@@H]1CC(c2cc(O)cc(F)c2)Oc2ccc(F)cc21. The van der Waals surface area contributed by atoms with E-state index in [1.807, 2.05) is 0 Å². The van der Waals surface area contributed by atoms with Gasteiger partial charge in [-0.1, -0.05) is 0 Å². The van der Waals surface area contributed by atoms with Gasteiger partial charge < -0.3 is 15.6 Å². The lowest BCUT2D eigenvalue weighted by Crippen LogP contribution is -2.24. The van der Waals surface area contributed by atoms with Crippen LogP contribution in [0.3, 0.4) is 0 Å². The molecule has 0 radical (unpaired) electrons. The second kappa shape index (κ2) is 4.76. The molecule has 3 rings (SSSR count). The first-order chi connectivity index (χ1) is 9.52. The molecule has 5 heteroatoms. The van der Waals surface area contributed by atoms with E-state index < -0.39 is 18.0 Å². The van der Waals surface area contributed by atoms with Gasteiger partial charge in [-0.2, -0.15) is 0 Å². The van der Waals surface area contributed by atoms with Crippen LogP contribution in [0.5, 0.6) is 11.5 Å². The summed E-state index contributed by atoms with van der Waals surface area (Å²) in [6.45, 7) is 0. The summed E-state index contributed by atoms with van der Waals surface area (Å²) < 4.78 is 32.3. The standard InChI is InChI=1S/C15H13F2NO2/c16-9-1-2-14-12(6-9)13(18)7-15(20-14)8-3-10(17)5-11(19)4-8/h1-6,13,15,19H,7,18H2/t13-,15?/m1/s1. The van der Waals surface area contributed by atoms with Crippen LogP contribution in [-0.4, -0.2) is 5.11 Å². The quantitative estimate of drug-likeness (QED) is 0.841. The maximum Gasteiger partial charge on any atom is 0.127 e. The predicted molar refractivity (Wildman–Crippen MR) is 69.4 cm³/mol. The Morgan fingerprint density at radius 3 is 2.65 bits per heavy atom. The predicted octanol–water partition coefficient (Wildman–Crippen LogP) is 3.19. The fourth-order valence-electron chi connectivity index (χ4n) is 2.46. The number of benzene rings is 2. The van der Waals surface area contributed by atoms with Crippen molar-refractivity contribution in [3.05, 3.63) is 59.2 Å². The molecule has 1 aliphatic heterocycles. The summed E-state index contributed by atoms with van der Waals surface area (Å²) in [6, 6.07) is 7.51. The summed E-state index contributed by atoms with van der Waals surface area (Å²) in [7, 11) is 0. The minimum atomic E-state index is -0.540. The molecule has 2 aromatic rings. The largest absolute Gasteiger partial charge is 0.508 e. The monoisotopic (exact) mass is 277 g/mol. The van der Waals surface area contributed by atoms with Crippen molar-refractivity contribution in [2.75, 3.05) is 0 Å². The van der Waals surface area contributed by atoms with Crippen LogP contribution in [-0.2, 0) is 0 Å². The summed E-state index contributed by atoms with van der Waals surface area (Å²) in [4.78, 5) is 0. The number of rotatable bonds is 1. The Morgan fingerprint density at radius 1 is 1.10 bits per heavy atom. The Kier molecular flexibility index (Phi) is 3.06. The van der Waals surface area contributed by atoms with Gasteiger partial charge in [0, 0.05) is 24.1 Å². The molecule has 0 saturated heterocycles. The van der Waals surface area contributed by atoms with E-state index in [9.17, 15) is 13.9 Å². The van der Waals surface area contributed by atoms with Crippen molar-refractivity contribution in [1.82, 2.24) is 0 Å². The summed E-state index contributed by atoms with van der Waals surface area (Å²) in [5.41, 5.74) is 7.12. The van der Waals surface area contributed by atoms with Crippen molar-refractivity contribution in [2.24, 2.45) is 5.73 Å². The second-order valence-electron chi connectivity index (χ2n) is 4.87. The fraction of sp³-hybridized carbons (Fsp3) is 0.200. The highest BCUT2D eigenvalue weighted by Gasteiger charge is 2.28. The molecular weight excluding hydrogens is 264 g/mol. The van der Waals surface area contributed by atoms with E-state index in [4.69, 9.17) is 10.5 Å². The number of phenols is 1. The molecule has 1 aliphatic rings. The molecule has 3 nitrogen and oxygen atoms in total. The topological polar surface area (TPSA) is 55.5 Å². The molecule has 1 unspecified atom stereocenters. The van der Waals surface area contributed by atoms with Crippen molar-refractivity contribution in [2.45, 2.75) is 18.6 Å². The Labute approximate surface area is 114 Å². The maximum absolute atomic E-state index is 13.3. The molecule has 20 heavy (non-hydrogen) atoms. The van der Waals surface area contributed by atoms with Gasteiger partial charge in [0.2, 0.25) is 0 Å². The third-order valence-corrected chi connectivity index (χ3v) is 3.39. The van der Waals surface area contributed by atoms with Gasteiger partial charge in [0.05, 0.1) is 0 Å². The summed E-state index contributed by atoms with van der Waals surface area (Å²) in [6.07, 6.45) is -0.0798. The molecule has 0 aliphatic carbocycles. The summed E-state index contributed by atoms with van der Waals surface area (Å²) in [5.74, 6) is -0.590. The minimum absolute atomic E-state index is 0.165. The van der Waals surface area contributed by atoms with Crippen LogP contribution in [0.25, 0.3) is 0 Å². The van der Waals surface area contributed by atoms with Gasteiger partial charge >= 0.3 is 0 Å². The molecule has 1 heterocycles. The lowest BCUT2D eigenvalue weighted by Gasteiger charge is -2.30. The zero-order valence-electron chi connectivity index (χ0n) is 10.5. The van der Waals surface area contributed by atoms with Gasteiger partial charge in [0.1, 0.15) is 29.2 Å². The van der Waals surface area contributed by atoms with Crippen molar-refractivity contribution in [3.8, 4) is 11.5 Å². The highest BCUT2D eigenvalue weighted by atomic mass is 19.1. The number of fused-ring (bicyclic) bond motifs is 1. The van der Waals surface area contributed by atoms with Gasteiger partial charge in [-0.3, -0.25) is 0 Å². The fourth-order valence-corrected chi connectivity index (χ4v) is 2.46. The van der Waals surface area contributed by atoms with Crippen molar-refractivity contribution in [1.29, 1.82) is 0 Å². The van der Waals surface area contributed by atoms with Crippen LogP contribution < -0.4 is 10.5 Å². The van der Waals surface area contributed by atoms with Crippen LogP contribution in [0.15, 0.2) is 36.4 Å². The van der Waals surface area contributed by atoms with E-state index >= 15 is 0 Å². The average molecular weight is 277 g/mol. The number of nitrogens with two attached hydrogens (primary N) is 1. The lowest BCUT2D eigenvalue weighted by atomic mass is 9.93. The Hall–Kier alpha value is -2.14. The molecule has 0 aromatic heterocycles. The molecule has 0 spiro atoms. The van der Waals surface area contributed by atoms with Crippen LogP contribution >= 0.6 is 0 Å². The second-order valence-corrected chi connectivity index (χ2v) is 4.87. The maximum atomic E-state index is 13.3. The van der Waals surface area contributed by atoms with E-state index in [2.05, 4.69) is 0 Å². The van der Waals surface area contributed by atoms with E-state index in [1.165, 1.54) is 30.3 Å². The van der Waals surface area contributed by atoms with Gasteiger partial charge in [-0.25, -0.2) is 8.78 Å². The number of phenolic OH excluding ortho intramolecular Hbond substituents is 1. The minimum Gasteiger partial charge on any atom is -0.508 e. The van der Waals surface area contributed by atoms with Crippen LogP contribution in [0.2, 0.25) is 0 Å². The molecule has 104 valence electrons. The molecular formula is C15H13F2NO2. The van der Waals surface area contributed by atoms with Gasteiger partial charge in [0.15, 0.2) is 0 Å². The van der Waals surface area contributed by atoms with Crippen LogP contribution in [0.4, 0.5) is 8.78 Å². The normalized spacial score (nSPS) is 21.1. The first kappa shape index (κ1) is 12.9. The first-order valence-electron chi connectivity index (χ1n) is 6.24. The van der Waals surface area contributed by atoms with Gasteiger partial charge in [0.25, 0.3) is 0 Å². The number of aromatic hydroxyl groups is 1. The van der Waals surface area contributed by atoms with Crippen molar-refractivity contribution in [3.63, 3.8) is 0 Å². The Morgan fingerprint density at radius 2 is 1.90 bits per heavy atom. The molecule has 3 N–H and O–H groups in total. The van der Waals surface area contributed by atoms with E-state index in [0.29, 0.717) is 23.3 Å². The number of hydrogen-bond acceptors (Lipinski definition) is 3. The first-order valence-corrected chi connectivity index (χ1v) is 6.24. The van der Waals surface area contributed by atoms with Crippen LogP contribution in [0.1, 0.15) is 29.7 Å².